The summed E-state index contributed by atoms with van der Waals surface area (Å²) in [6.45, 7) is 2.63. The van der Waals surface area contributed by atoms with Crippen LogP contribution in [0.4, 0.5) is 0 Å². The van der Waals surface area contributed by atoms with Crippen LogP contribution in [0.3, 0.4) is 0 Å². The third-order valence-corrected chi connectivity index (χ3v) is 2.79. The van der Waals surface area contributed by atoms with Crippen molar-refractivity contribution in [3.63, 3.8) is 0 Å². The van der Waals surface area contributed by atoms with E-state index in [0.717, 1.165) is 19.5 Å². The summed E-state index contributed by atoms with van der Waals surface area (Å²) in [4.78, 5) is 2.26. The standard InChI is InChI=1S/C8H15NO2/c1-9-3-2-6-7(10)5-11-8(6)4-9/h6-8,10H,2-5H2,1H3/t6-,7-,8-/m1/s1. The normalized spacial score (nSPS) is 45.8. The van der Waals surface area contributed by atoms with Gasteiger partial charge in [0.25, 0.3) is 0 Å². The van der Waals surface area contributed by atoms with Gasteiger partial charge in [-0.3, -0.25) is 0 Å². The van der Waals surface area contributed by atoms with Gasteiger partial charge in [-0.1, -0.05) is 0 Å². The van der Waals surface area contributed by atoms with E-state index >= 15 is 0 Å². The van der Waals surface area contributed by atoms with E-state index in [1.54, 1.807) is 0 Å². The van der Waals surface area contributed by atoms with Gasteiger partial charge in [-0.2, -0.15) is 0 Å². The van der Waals surface area contributed by atoms with Crippen LogP contribution < -0.4 is 0 Å². The fraction of sp³-hybridized carbons (Fsp3) is 1.00. The van der Waals surface area contributed by atoms with Crippen molar-refractivity contribution in [2.24, 2.45) is 5.92 Å². The molecule has 3 heteroatoms. The summed E-state index contributed by atoms with van der Waals surface area (Å²) in [5.41, 5.74) is 0. The summed E-state index contributed by atoms with van der Waals surface area (Å²) in [5, 5.41) is 9.47. The molecule has 0 bridgehead atoms. The van der Waals surface area contributed by atoms with E-state index in [4.69, 9.17) is 4.74 Å². The first kappa shape index (κ1) is 7.53. The van der Waals surface area contributed by atoms with Crippen LogP contribution in [0.1, 0.15) is 6.42 Å². The monoisotopic (exact) mass is 157 g/mol. The molecule has 2 heterocycles. The highest BCUT2D eigenvalue weighted by Gasteiger charge is 2.38. The van der Waals surface area contributed by atoms with Gasteiger partial charge in [0.1, 0.15) is 0 Å². The van der Waals surface area contributed by atoms with Crippen LogP contribution in [0.2, 0.25) is 0 Å². The molecule has 1 N–H and O–H groups in total. The van der Waals surface area contributed by atoms with Gasteiger partial charge >= 0.3 is 0 Å². The van der Waals surface area contributed by atoms with E-state index in [9.17, 15) is 5.11 Å². The highest BCUT2D eigenvalue weighted by Crippen LogP contribution is 2.28. The molecule has 2 rings (SSSR count). The molecule has 0 aromatic carbocycles. The Morgan fingerprint density at radius 1 is 1.55 bits per heavy atom. The molecular formula is C8H15NO2. The predicted molar refractivity (Wildman–Crippen MR) is 41.4 cm³/mol. The average molecular weight is 157 g/mol. The second kappa shape index (κ2) is 2.73. The number of ether oxygens (including phenoxy) is 1. The van der Waals surface area contributed by atoms with Crippen molar-refractivity contribution in [2.75, 3.05) is 26.7 Å². The quantitative estimate of drug-likeness (QED) is 0.524. The van der Waals surface area contributed by atoms with Crippen molar-refractivity contribution in [1.29, 1.82) is 0 Å². The van der Waals surface area contributed by atoms with Crippen LogP contribution in [0, 0.1) is 5.92 Å². The molecule has 11 heavy (non-hydrogen) atoms. The summed E-state index contributed by atoms with van der Waals surface area (Å²) < 4.78 is 5.45. The number of likely N-dealkylation sites (N-methyl/N-ethyl adjacent to an activating group) is 1. The number of hydrogen-bond acceptors (Lipinski definition) is 3. The molecule has 2 fully saturated rings. The predicted octanol–water partition coefficient (Wildman–Crippen LogP) is -0.302. The lowest BCUT2D eigenvalue weighted by molar-refractivity contribution is 0.0350. The molecule has 64 valence electrons. The lowest BCUT2D eigenvalue weighted by atomic mass is 9.92. The number of rotatable bonds is 0. The Labute approximate surface area is 66.9 Å². The second-order valence-electron chi connectivity index (χ2n) is 3.65. The molecule has 0 aromatic heterocycles. The molecule has 0 amide bonds. The van der Waals surface area contributed by atoms with Crippen molar-refractivity contribution >= 4 is 0 Å². The Bertz CT molecular complexity index is 151. The zero-order valence-corrected chi connectivity index (χ0v) is 6.86. The summed E-state index contributed by atoms with van der Waals surface area (Å²) in [5.74, 6) is 0.409. The maximum absolute atomic E-state index is 9.47. The molecule has 0 saturated carbocycles. The van der Waals surface area contributed by atoms with E-state index in [2.05, 4.69) is 11.9 Å². The Balaban J connectivity index is 2.00. The molecule has 3 atom stereocenters. The minimum atomic E-state index is -0.200. The topological polar surface area (TPSA) is 32.7 Å². The SMILES string of the molecule is CN1CC[C@@H]2[C@H](O)CO[C@@H]2C1. The highest BCUT2D eigenvalue weighted by molar-refractivity contribution is 4.88. The van der Waals surface area contributed by atoms with Crippen LogP contribution in [0.25, 0.3) is 0 Å². The number of aliphatic hydroxyl groups excluding tert-OH is 1. The van der Waals surface area contributed by atoms with Crippen LogP contribution in [0.5, 0.6) is 0 Å². The van der Waals surface area contributed by atoms with Crippen LogP contribution in [0.15, 0.2) is 0 Å². The second-order valence-corrected chi connectivity index (χ2v) is 3.65. The van der Waals surface area contributed by atoms with Crippen LogP contribution in [-0.4, -0.2) is 49.0 Å². The molecular weight excluding hydrogens is 142 g/mol. The van der Waals surface area contributed by atoms with Crippen molar-refractivity contribution in [3.05, 3.63) is 0 Å². The van der Waals surface area contributed by atoms with E-state index < -0.39 is 0 Å². The number of piperidine rings is 1. The summed E-state index contributed by atoms with van der Waals surface area (Å²) in [6, 6.07) is 0. The molecule has 0 aromatic rings. The Hall–Kier alpha value is -0.120. The van der Waals surface area contributed by atoms with Gasteiger partial charge in [0.2, 0.25) is 0 Å². The minimum Gasteiger partial charge on any atom is -0.390 e. The Kier molecular flexibility index (Phi) is 1.87. The molecule has 0 spiro atoms. The first-order chi connectivity index (χ1) is 5.27. The number of likely N-dealkylation sites (tertiary alicyclic amines) is 1. The van der Waals surface area contributed by atoms with Gasteiger partial charge in [-0.25, -0.2) is 0 Å². The third kappa shape index (κ3) is 1.28. The zero-order chi connectivity index (χ0) is 7.84. The fourth-order valence-corrected chi connectivity index (χ4v) is 2.05. The van der Waals surface area contributed by atoms with Crippen LogP contribution in [-0.2, 0) is 4.74 Å². The van der Waals surface area contributed by atoms with Crippen molar-refractivity contribution in [3.8, 4) is 0 Å². The van der Waals surface area contributed by atoms with E-state index in [0.29, 0.717) is 18.6 Å². The maximum atomic E-state index is 9.47. The lowest BCUT2D eigenvalue weighted by Gasteiger charge is -2.31. The minimum absolute atomic E-state index is 0.200. The molecule has 2 aliphatic rings. The average Bonchev–Trinajstić information content (AvgIpc) is 2.32. The smallest absolute Gasteiger partial charge is 0.0827 e. The zero-order valence-electron chi connectivity index (χ0n) is 6.86. The van der Waals surface area contributed by atoms with Crippen molar-refractivity contribution < 1.29 is 9.84 Å². The van der Waals surface area contributed by atoms with Gasteiger partial charge < -0.3 is 14.7 Å². The molecule has 2 aliphatic heterocycles. The van der Waals surface area contributed by atoms with Gasteiger partial charge in [-0.15, -0.1) is 0 Å². The number of nitrogens with zero attached hydrogens (tertiary/aromatic N) is 1. The van der Waals surface area contributed by atoms with Gasteiger partial charge in [0, 0.05) is 12.5 Å². The molecule has 0 unspecified atom stereocenters. The Morgan fingerprint density at radius 2 is 2.36 bits per heavy atom. The Morgan fingerprint density at radius 3 is 3.18 bits per heavy atom. The lowest BCUT2D eigenvalue weighted by Crippen LogP contribution is -2.42. The summed E-state index contributed by atoms with van der Waals surface area (Å²) in [7, 11) is 2.10. The largest absolute Gasteiger partial charge is 0.390 e. The summed E-state index contributed by atoms with van der Waals surface area (Å²) >= 11 is 0. The van der Waals surface area contributed by atoms with E-state index in [-0.39, 0.29) is 6.10 Å². The molecule has 2 saturated heterocycles. The summed E-state index contributed by atoms with van der Waals surface area (Å²) in [6.07, 6.45) is 1.18. The van der Waals surface area contributed by atoms with Crippen LogP contribution >= 0.6 is 0 Å². The fourth-order valence-electron chi connectivity index (χ4n) is 2.05. The first-order valence-electron chi connectivity index (χ1n) is 4.25. The van der Waals surface area contributed by atoms with E-state index in [1.807, 2.05) is 0 Å². The van der Waals surface area contributed by atoms with Gasteiger partial charge in [-0.05, 0) is 20.0 Å². The number of aliphatic hydroxyl groups is 1. The molecule has 0 aliphatic carbocycles. The van der Waals surface area contributed by atoms with Gasteiger partial charge in [0.15, 0.2) is 0 Å². The van der Waals surface area contributed by atoms with Crippen molar-refractivity contribution in [1.82, 2.24) is 4.90 Å². The highest BCUT2D eigenvalue weighted by atomic mass is 16.5. The van der Waals surface area contributed by atoms with Gasteiger partial charge in [0.05, 0.1) is 18.8 Å². The maximum Gasteiger partial charge on any atom is 0.0827 e. The molecule has 3 nitrogen and oxygen atoms in total. The number of hydrogen-bond donors (Lipinski definition) is 1. The third-order valence-electron chi connectivity index (χ3n) is 2.79. The molecule has 0 radical (unpaired) electrons. The van der Waals surface area contributed by atoms with Crippen molar-refractivity contribution in [2.45, 2.75) is 18.6 Å². The first-order valence-corrected chi connectivity index (χ1v) is 4.25. The number of fused-ring (bicyclic) bond motifs is 1. The van der Waals surface area contributed by atoms with E-state index in [1.165, 1.54) is 0 Å².